The van der Waals surface area contributed by atoms with E-state index in [0.29, 0.717) is 5.56 Å². The maximum Gasteiger partial charge on any atom is 0.338 e. The van der Waals surface area contributed by atoms with Crippen molar-refractivity contribution in [3.63, 3.8) is 0 Å². The number of hydrogen-bond acceptors (Lipinski definition) is 4. The van der Waals surface area contributed by atoms with Crippen LogP contribution in [-0.4, -0.2) is 20.5 Å². The molecule has 0 radical (unpaired) electrons. The van der Waals surface area contributed by atoms with Crippen molar-refractivity contribution in [3.8, 4) is 0 Å². The van der Waals surface area contributed by atoms with E-state index in [0.717, 1.165) is 0 Å². The molecule has 116 valence electrons. The number of carbonyl (C=O) groups excluding carboxylic acids is 1. The van der Waals surface area contributed by atoms with Crippen molar-refractivity contribution < 1.29 is 17.9 Å². The Labute approximate surface area is 130 Å². The van der Waals surface area contributed by atoms with Crippen LogP contribution >= 0.6 is 0 Å². The largest absolute Gasteiger partial charge is 0.459 e. The molecule has 0 N–H and O–H groups in total. The third-order valence-corrected chi connectivity index (χ3v) is 4.71. The Balaban J connectivity index is 2.33. The lowest BCUT2D eigenvalue weighted by atomic mass is 10.1. The van der Waals surface area contributed by atoms with Crippen molar-refractivity contribution in [2.75, 3.05) is 0 Å². The van der Waals surface area contributed by atoms with E-state index in [2.05, 4.69) is 0 Å². The standard InChI is InChI=1S/C17H18O4S/c1-13(2)21-17(18)16-11-7-6-8-14(16)12-22(19,20)15-9-4-3-5-10-15/h3-11,13H,12H2,1-2H3. The number of carbonyl (C=O) groups is 1. The Morgan fingerprint density at radius 3 is 2.23 bits per heavy atom. The molecule has 0 fully saturated rings. The molecular formula is C17H18O4S. The van der Waals surface area contributed by atoms with Gasteiger partial charge in [-0.25, -0.2) is 13.2 Å². The lowest BCUT2D eigenvalue weighted by molar-refractivity contribution is 0.0377. The number of hydrogen-bond donors (Lipinski definition) is 0. The Morgan fingerprint density at radius 1 is 1.00 bits per heavy atom. The first-order chi connectivity index (χ1) is 10.4. The van der Waals surface area contributed by atoms with E-state index in [9.17, 15) is 13.2 Å². The Kier molecular flexibility index (Phi) is 4.98. The van der Waals surface area contributed by atoms with Crippen LogP contribution in [0.3, 0.4) is 0 Å². The molecule has 0 aromatic heterocycles. The van der Waals surface area contributed by atoms with Crippen LogP contribution in [0.1, 0.15) is 29.8 Å². The summed E-state index contributed by atoms with van der Waals surface area (Å²) in [5, 5.41) is 0. The summed E-state index contributed by atoms with van der Waals surface area (Å²) < 4.78 is 30.1. The highest BCUT2D eigenvalue weighted by Crippen LogP contribution is 2.19. The molecule has 22 heavy (non-hydrogen) atoms. The van der Waals surface area contributed by atoms with Gasteiger partial charge in [0.25, 0.3) is 0 Å². The number of esters is 1. The third kappa shape index (κ3) is 3.95. The van der Waals surface area contributed by atoms with Crippen LogP contribution in [0, 0.1) is 0 Å². The van der Waals surface area contributed by atoms with Gasteiger partial charge in [0, 0.05) is 0 Å². The molecular weight excluding hydrogens is 300 g/mol. The summed E-state index contributed by atoms with van der Waals surface area (Å²) in [5.41, 5.74) is 0.729. The first-order valence-electron chi connectivity index (χ1n) is 6.97. The van der Waals surface area contributed by atoms with Gasteiger partial charge in [0.05, 0.1) is 22.3 Å². The SMILES string of the molecule is CC(C)OC(=O)c1ccccc1CS(=O)(=O)c1ccccc1. The van der Waals surface area contributed by atoms with E-state index in [1.807, 2.05) is 0 Å². The molecule has 2 aromatic carbocycles. The van der Waals surface area contributed by atoms with Crippen LogP contribution in [0.2, 0.25) is 0 Å². The summed E-state index contributed by atoms with van der Waals surface area (Å²) in [4.78, 5) is 12.3. The second-order valence-corrected chi connectivity index (χ2v) is 7.17. The second kappa shape index (κ2) is 6.75. The number of benzene rings is 2. The summed E-state index contributed by atoms with van der Waals surface area (Å²) in [6, 6.07) is 14.8. The molecule has 0 spiro atoms. The molecule has 0 saturated carbocycles. The quantitative estimate of drug-likeness (QED) is 0.794. The predicted octanol–water partition coefficient (Wildman–Crippen LogP) is 3.23. The van der Waals surface area contributed by atoms with Gasteiger partial charge in [0.2, 0.25) is 0 Å². The Bertz CT molecular complexity index is 749. The van der Waals surface area contributed by atoms with Gasteiger partial charge in [-0.1, -0.05) is 36.4 Å². The molecule has 0 heterocycles. The van der Waals surface area contributed by atoms with Gasteiger partial charge in [-0.3, -0.25) is 0 Å². The molecule has 2 rings (SSSR count). The zero-order valence-electron chi connectivity index (χ0n) is 12.5. The first-order valence-corrected chi connectivity index (χ1v) is 8.62. The normalized spacial score (nSPS) is 11.4. The summed E-state index contributed by atoms with van der Waals surface area (Å²) in [7, 11) is -3.51. The molecule has 2 aromatic rings. The van der Waals surface area contributed by atoms with Crippen LogP contribution in [0.5, 0.6) is 0 Å². The van der Waals surface area contributed by atoms with Crippen molar-refractivity contribution in [1.82, 2.24) is 0 Å². The molecule has 0 amide bonds. The number of rotatable bonds is 5. The molecule has 0 bridgehead atoms. The van der Waals surface area contributed by atoms with E-state index in [1.165, 1.54) is 0 Å². The summed E-state index contributed by atoms with van der Waals surface area (Å²) in [6.07, 6.45) is -0.258. The van der Waals surface area contributed by atoms with Gasteiger partial charge in [0.1, 0.15) is 0 Å². The Morgan fingerprint density at radius 2 is 1.59 bits per heavy atom. The van der Waals surface area contributed by atoms with E-state index in [-0.39, 0.29) is 22.3 Å². The van der Waals surface area contributed by atoms with Gasteiger partial charge in [0.15, 0.2) is 9.84 Å². The molecule has 0 aliphatic carbocycles. The fourth-order valence-corrected chi connectivity index (χ4v) is 3.44. The van der Waals surface area contributed by atoms with Crippen molar-refractivity contribution >= 4 is 15.8 Å². The maximum atomic E-state index is 12.4. The summed E-state index contributed by atoms with van der Waals surface area (Å²) in [6.45, 7) is 3.50. The smallest absolute Gasteiger partial charge is 0.338 e. The van der Waals surface area contributed by atoms with Gasteiger partial charge in [-0.15, -0.1) is 0 Å². The van der Waals surface area contributed by atoms with Crippen LogP contribution in [0.25, 0.3) is 0 Å². The van der Waals surface area contributed by atoms with Crippen LogP contribution in [0.15, 0.2) is 59.5 Å². The van der Waals surface area contributed by atoms with Crippen molar-refractivity contribution in [3.05, 3.63) is 65.7 Å². The van der Waals surface area contributed by atoms with E-state index in [1.54, 1.807) is 68.4 Å². The predicted molar refractivity (Wildman–Crippen MR) is 84.3 cm³/mol. The minimum absolute atomic E-state index is 0.236. The van der Waals surface area contributed by atoms with Crippen LogP contribution in [-0.2, 0) is 20.3 Å². The molecule has 0 atom stereocenters. The van der Waals surface area contributed by atoms with E-state index < -0.39 is 15.8 Å². The molecule has 5 heteroatoms. The van der Waals surface area contributed by atoms with Gasteiger partial charge in [-0.2, -0.15) is 0 Å². The monoisotopic (exact) mass is 318 g/mol. The fourth-order valence-electron chi connectivity index (χ4n) is 2.04. The van der Waals surface area contributed by atoms with Crippen molar-refractivity contribution in [1.29, 1.82) is 0 Å². The highest BCUT2D eigenvalue weighted by atomic mass is 32.2. The maximum absolute atomic E-state index is 12.4. The number of ether oxygens (including phenoxy) is 1. The number of sulfone groups is 1. The molecule has 0 aliphatic heterocycles. The molecule has 0 unspecified atom stereocenters. The molecule has 0 aliphatic rings. The van der Waals surface area contributed by atoms with Crippen molar-refractivity contribution in [2.24, 2.45) is 0 Å². The average Bonchev–Trinajstić information content (AvgIpc) is 2.47. The first kappa shape index (κ1) is 16.2. The topological polar surface area (TPSA) is 60.4 Å². The Hall–Kier alpha value is -2.14. The minimum atomic E-state index is -3.51. The summed E-state index contributed by atoms with van der Waals surface area (Å²) in [5.74, 6) is -0.741. The zero-order chi connectivity index (χ0) is 16.2. The fraction of sp³-hybridized carbons (Fsp3) is 0.235. The molecule has 4 nitrogen and oxygen atoms in total. The molecule has 0 saturated heterocycles. The van der Waals surface area contributed by atoms with Gasteiger partial charge < -0.3 is 4.74 Å². The van der Waals surface area contributed by atoms with E-state index >= 15 is 0 Å². The van der Waals surface area contributed by atoms with Gasteiger partial charge >= 0.3 is 5.97 Å². The van der Waals surface area contributed by atoms with Crippen LogP contribution in [0.4, 0.5) is 0 Å². The van der Waals surface area contributed by atoms with Crippen LogP contribution < -0.4 is 0 Å². The lowest BCUT2D eigenvalue weighted by Gasteiger charge is -2.12. The summed E-state index contributed by atoms with van der Waals surface area (Å²) >= 11 is 0. The van der Waals surface area contributed by atoms with Gasteiger partial charge in [-0.05, 0) is 37.6 Å². The highest BCUT2D eigenvalue weighted by Gasteiger charge is 2.20. The average molecular weight is 318 g/mol. The van der Waals surface area contributed by atoms with Crippen molar-refractivity contribution in [2.45, 2.75) is 30.6 Å². The lowest BCUT2D eigenvalue weighted by Crippen LogP contribution is -2.15. The minimum Gasteiger partial charge on any atom is -0.459 e. The highest BCUT2D eigenvalue weighted by molar-refractivity contribution is 7.90. The van der Waals surface area contributed by atoms with E-state index in [4.69, 9.17) is 4.74 Å². The second-order valence-electron chi connectivity index (χ2n) is 5.18. The zero-order valence-corrected chi connectivity index (χ0v) is 13.3. The third-order valence-electron chi connectivity index (χ3n) is 3.03.